The van der Waals surface area contributed by atoms with Crippen LogP contribution in [-0.2, 0) is 18.3 Å². The first kappa shape index (κ1) is 11.0. The molecule has 1 N–H and O–H groups in total. The van der Waals surface area contributed by atoms with Gasteiger partial charge in [-0.1, -0.05) is 11.6 Å². The van der Waals surface area contributed by atoms with Crippen molar-refractivity contribution >= 4 is 28.6 Å². The van der Waals surface area contributed by atoms with Crippen molar-refractivity contribution in [3.63, 3.8) is 0 Å². The molecule has 1 aromatic heterocycles. The van der Waals surface area contributed by atoms with Crippen molar-refractivity contribution in [2.24, 2.45) is 7.05 Å². The van der Waals surface area contributed by atoms with Gasteiger partial charge in [0.1, 0.15) is 5.82 Å². The summed E-state index contributed by atoms with van der Waals surface area (Å²) < 4.78 is 1.88. The first-order valence-electron chi connectivity index (χ1n) is 4.90. The zero-order chi connectivity index (χ0) is 11.7. The van der Waals surface area contributed by atoms with Gasteiger partial charge in [0.25, 0.3) is 0 Å². The second-order valence-corrected chi connectivity index (χ2v) is 4.05. The first-order chi connectivity index (χ1) is 7.58. The first-order valence-corrected chi connectivity index (χ1v) is 5.28. The number of hydrogen-bond donors (Lipinski definition) is 1. The van der Waals surface area contributed by atoms with Gasteiger partial charge in [0, 0.05) is 18.5 Å². The molecule has 0 radical (unpaired) electrons. The Labute approximate surface area is 97.5 Å². The third-order valence-electron chi connectivity index (χ3n) is 2.50. The molecule has 0 aliphatic rings. The molecule has 2 rings (SSSR count). The maximum atomic E-state index is 10.5. The van der Waals surface area contributed by atoms with Crippen LogP contribution in [0.3, 0.4) is 0 Å². The summed E-state index contributed by atoms with van der Waals surface area (Å²) in [5.74, 6) is -0.0512. The fourth-order valence-electron chi connectivity index (χ4n) is 1.66. The summed E-state index contributed by atoms with van der Waals surface area (Å²) >= 11 is 5.89. The quantitative estimate of drug-likeness (QED) is 0.892. The van der Waals surface area contributed by atoms with Crippen molar-refractivity contribution < 1.29 is 9.90 Å². The van der Waals surface area contributed by atoms with E-state index >= 15 is 0 Å². The Morgan fingerprint density at radius 1 is 1.56 bits per heavy atom. The lowest BCUT2D eigenvalue weighted by Gasteiger charge is -2.00. The summed E-state index contributed by atoms with van der Waals surface area (Å²) in [6.45, 7) is 0. The summed E-state index contributed by atoms with van der Waals surface area (Å²) in [4.78, 5) is 14.9. The number of aromatic nitrogens is 2. The molecule has 0 aliphatic carbocycles. The standard InChI is InChI=1S/C11H11ClN2O2/c1-14-9-6-7(12)2-3-8(9)13-10(14)4-5-11(15)16/h2-3,6H,4-5H2,1H3,(H,15,16). The van der Waals surface area contributed by atoms with Gasteiger partial charge in [-0.15, -0.1) is 0 Å². The number of carboxylic acid groups (broad SMARTS) is 1. The fraction of sp³-hybridized carbons (Fsp3) is 0.273. The van der Waals surface area contributed by atoms with E-state index in [0.29, 0.717) is 11.4 Å². The molecule has 84 valence electrons. The predicted octanol–water partition coefficient (Wildman–Crippen LogP) is 2.24. The molecule has 0 unspecified atom stereocenters. The van der Waals surface area contributed by atoms with E-state index in [0.717, 1.165) is 16.9 Å². The van der Waals surface area contributed by atoms with Crippen molar-refractivity contribution in [2.45, 2.75) is 12.8 Å². The molecule has 5 heteroatoms. The molecule has 0 saturated heterocycles. The number of aliphatic carboxylic acids is 1. The molecule has 0 fully saturated rings. The van der Waals surface area contributed by atoms with E-state index < -0.39 is 5.97 Å². The van der Waals surface area contributed by atoms with Crippen molar-refractivity contribution in [1.82, 2.24) is 9.55 Å². The van der Waals surface area contributed by atoms with Gasteiger partial charge in [-0.3, -0.25) is 4.79 Å². The minimum atomic E-state index is -0.815. The van der Waals surface area contributed by atoms with Crippen LogP contribution >= 0.6 is 11.6 Å². The third-order valence-corrected chi connectivity index (χ3v) is 2.73. The lowest BCUT2D eigenvalue weighted by atomic mass is 10.3. The number of benzene rings is 1. The number of carboxylic acids is 1. The Kier molecular flexibility index (Phi) is 2.83. The van der Waals surface area contributed by atoms with E-state index in [9.17, 15) is 4.79 Å². The molecule has 0 saturated carbocycles. The number of halogens is 1. The summed E-state index contributed by atoms with van der Waals surface area (Å²) in [6, 6.07) is 5.44. The maximum Gasteiger partial charge on any atom is 0.303 e. The fourth-order valence-corrected chi connectivity index (χ4v) is 1.82. The second-order valence-electron chi connectivity index (χ2n) is 3.61. The Morgan fingerprint density at radius 3 is 3.00 bits per heavy atom. The third kappa shape index (κ3) is 2.02. The van der Waals surface area contributed by atoms with Crippen molar-refractivity contribution in [2.75, 3.05) is 0 Å². The smallest absolute Gasteiger partial charge is 0.303 e. The molecule has 0 amide bonds. The lowest BCUT2D eigenvalue weighted by molar-refractivity contribution is -0.137. The van der Waals surface area contributed by atoms with Gasteiger partial charge in [0.2, 0.25) is 0 Å². The highest BCUT2D eigenvalue weighted by Crippen LogP contribution is 2.20. The molecular formula is C11H11ClN2O2. The van der Waals surface area contributed by atoms with E-state index in [1.165, 1.54) is 0 Å². The summed E-state index contributed by atoms with van der Waals surface area (Å²) in [5, 5.41) is 9.28. The molecule has 0 bridgehead atoms. The van der Waals surface area contributed by atoms with Crippen LogP contribution in [0.2, 0.25) is 5.02 Å². The highest BCUT2D eigenvalue weighted by Gasteiger charge is 2.09. The van der Waals surface area contributed by atoms with Crippen LogP contribution in [0, 0.1) is 0 Å². The summed E-state index contributed by atoms with van der Waals surface area (Å²) in [5.41, 5.74) is 1.76. The number of hydrogen-bond acceptors (Lipinski definition) is 2. The largest absolute Gasteiger partial charge is 0.481 e. The predicted molar refractivity (Wildman–Crippen MR) is 61.7 cm³/mol. The minimum Gasteiger partial charge on any atom is -0.481 e. The number of rotatable bonds is 3. The molecule has 0 aliphatic heterocycles. The molecular weight excluding hydrogens is 228 g/mol. The van der Waals surface area contributed by atoms with Crippen molar-refractivity contribution in [3.8, 4) is 0 Å². The molecule has 0 spiro atoms. The second kappa shape index (κ2) is 4.14. The summed E-state index contributed by atoms with van der Waals surface area (Å²) in [7, 11) is 1.86. The van der Waals surface area contributed by atoms with E-state index in [-0.39, 0.29) is 6.42 Å². The molecule has 4 nitrogen and oxygen atoms in total. The van der Waals surface area contributed by atoms with E-state index in [4.69, 9.17) is 16.7 Å². The van der Waals surface area contributed by atoms with Crippen LogP contribution in [0.25, 0.3) is 11.0 Å². The normalized spacial score (nSPS) is 10.9. The molecule has 1 heterocycles. The maximum absolute atomic E-state index is 10.5. The van der Waals surface area contributed by atoms with Crippen LogP contribution in [0.4, 0.5) is 0 Å². The van der Waals surface area contributed by atoms with Gasteiger partial charge in [0.15, 0.2) is 0 Å². The molecule has 0 atom stereocenters. The lowest BCUT2D eigenvalue weighted by Crippen LogP contribution is -2.03. The van der Waals surface area contributed by atoms with Crippen LogP contribution in [0.5, 0.6) is 0 Å². The molecule has 2 aromatic rings. The average molecular weight is 239 g/mol. The number of fused-ring (bicyclic) bond motifs is 1. The van der Waals surface area contributed by atoms with E-state index in [2.05, 4.69) is 4.98 Å². The Morgan fingerprint density at radius 2 is 2.31 bits per heavy atom. The van der Waals surface area contributed by atoms with E-state index in [1.807, 2.05) is 23.7 Å². The Bertz CT molecular complexity index is 548. The topological polar surface area (TPSA) is 55.1 Å². The highest BCUT2D eigenvalue weighted by atomic mass is 35.5. The van der Waals surface area contributed by atoms with Gasteiger partial charge in [-0.05, 0) is 18.2 Å². The van der Waals surface area contributed by atoms with E-state index in [1.54, 1.807) is 6.07 Å². The zero-order valence-electron chi connectivity index (χ0n) is 8.77. The molecule has 16 heavy (non-hydrogen) atoms. The number of imidazole rings is 1. The van der Waals surface area contributed by atoms with Gasteiger partial charge >= 0.3 is 5.97 Å². The van der Waals surface area contributed by atoms with Gasteiger partial charge in [0.05, 0.1) is 17.5 Å². The van der Waals surface area contributed by atoms with Gasteiger partial charge < -0.3 is 9.67 Å². The Hall–Kier alpha value is -1.55. The van der Waals surface area contributed by atoms with Crippen LogP contribution < -0.4 is 0 Å². The summed E-state index contributed by atoms with van der Waals surface area (Å²) in [6.07, 6.45) is 0.517. The number of aryl methyl sites for hydroxylation is 2. The number of nitrogens with zero attached hydrogens (tertiary/aromatic N) is 2. The van der Waals surface area contributed by atoms with Crippen LogP contribution in [-0.4, -0.2) is 20.6 Å². The molecule has 1 aromatic carbocycles. The van der Waals surface area contributed by atoms with Gasteiger partial charge in [-0.25, -0.2) is 4.98 Å². The van der Waals surface area contributed by atoms with Gasteiger partial charge in [-0.2, -0.15) is 0 Å². The Balaban J connectivity index is 2.40. The number of carbonyl (C=O) groups is 1. The zero-order valence-corrected chi connectivity index (χ0v) is 9.53. The SMILES string of the molecule is Cn1c(CCC(=O)O)nc2ccc(Cl)cc21. The van der Waals surface area contributed by atoms with Crippen molar-refractivity contribution in [3.05, 3.63) is 29.0 Å². The average Bonchev–Trinajstić information content (AvgIpc) is 2.53. The van der Waals surface area contributed by atoms with Crippen LogP contribution in [0.1, 0.15) is 12.2 Å². The monoisotopic (exact) mass is 238 g/mol. The van der Waals surface area contributed by atoms with Crippen LogP contribution in [0.15, 0.2) is 18.2 Å². The van der Waals surface area contributed by atoms with Crippen molar-refractivity contribution in [1.29, 1.82) is 0 Å². The minimum absolute atomic E-state index is 0.0882. The highest BCUT2D eigenvalue weighted by molar-refractivity contribution is 6.31.